The molecular weight excluding hydrogens is 296 g/mol. The number of halogens is 1. The lowest BCUT2D eigenvalue weighted by Gasteiger charge is -2.15. The average Bonchev–Trinajstić information content (AvgIpc) is 2.34. The first-order chi connectivity index (χ1) is 8.54. The van der Waals surface area contributed by atoms with Crippen LogP contribution in [0.2, 0.25) is 0 Å². The molecule has 1 atom stereocenters. The van der Waals surface area contributed by atoms with Crippen molar-refractivity contribution in [3.63, 3.8) is 0 Å². The van der Waals surface area contributed by atoms with Gasteiger partial charge in [0.05, 0.1) is 11.6 Å². The van der Waals surface area contributed by atoms with Gasteiger partial charge in [-0.1, -0.05) is 6.07 Å². The summed E-state index contributed by atoms with van der Waals surface area (Å²) in [6, 6.07) is 6.22. The first kappa shape index (κ1) is 15.0. The summed E-state index contributed by atoms with van der Waals surface area (Å²) < 4.78 is 6.13. The summed E-state index contributed by atoms with van der Waals surface area (Å²) in [5.41, 5.74) is 1.17. The fourth-order valence-corrected chi connectivity index (χ4v) is 2.16. The number of hydrogen-bond donors (Lipinski definition) is 2. The minimum atomic E-state index is -0.00311. The van der Waals surface area contributed by atoms with E-state index in [0.29, 0.717) is 6.54 Å². The highest BCUT2D eigenvalue weighted by Crippen LogP contribution is 2.27. The number of rotatable bonds is 6. The third-order valence-corrected chi connectivity index (χ3v) is 3.25. The number of carbonyl (C=O) groups excluding carboxylic acids is 1. The zero-order valence-corrected chi connectivity index (χ0v) is 12.5. The highest BCUT2D eigenvalue weighted by atomic mass is 79.9. The molecule has 2 N–H and O–H groups in total. The first-order valence-corrected chi connectivity index (χ1v) is 6.65. The zero-order chi connectivity index (χ0) is 13.5. The monoisotopic (exact) mass is 314 g/mol. The maximum absolute atomic E-state index is 10.7. The maximum Gasteiger partial charge on any atom is 0.216 e. The summed E-state index contributed by atoms with van der Waals surface area (Å²) in [6.07, 6.45) is 0. The third kappa shape index (κ3) is 4.66. The van der Waals surface area contributed by atoms with E-state index in [1.807, 2.05) is 18.2 Å². The highest BCUT2D eigenvalue weighted by molar-refractivity contribution is 9.10. The van der Waals surface area contributed by atoms with Crippen molar-refractivity contribution in [3.8, 4) is 5.75 Å². The summed E-state index contributed by atoms with van der Waals surface area (Å²) in [6.45, 7) is 4.98. The van der Waals surface area contributed by atoms with E-state index in [1.54, 1.807) is 7.11 Å². The minimum Gasteiger partial charge on any atom is -0.496 e. The molecular formula is C13H19BrN2O2. The van der Waals surface area contributed by atoms with Crippen molar-refractivity contribution in [2.75, 3.05) is 20.2 Å². The van der Waals surface area contributed by atoms with E-state index in [9.17, 15) is 4.79 Å². The van der Waals surface area contributed by atoms with E-state index in [-0.39, 0.29) is 11.9 Å². The van der Waals surface area contributed by atoms with Crippen LogP contribution in [-0.4, -0.2) is 26.1 Å². The molecule has 0 heterocycles. The van der Waals surface area contributed by atoms with Crippen LogP contribution in [0.15, 0.2) is 22.7 Å². The zero-order valence-electron chi connectivity index (χ0n) is 10.9. The molecule has 0 spiro atoms. The molecule has 0 aromatic heterocycles. The van der Waals surface area contributed by atoms with Crippen LogP contribution in [0.4, 0.5) is 0 Å². The number of carbonyl (C=O) groups is 1. The van der Waals surface area contributed by atoms with Gasteiger partial charge in [-0.15, -0.1) is 0 Å². The van der Waals surface area contributed by atoms with Crippen molar-refractivity contribution >= 4 is 21.8 Å². The molecule has 0 radical (unpaired) electrons. The van der Waals surface area contributed by atoms with Crippen LogP contribution in [0.25, 0.3) is 0 Å². The number of nitrogens with one attached hydrogen (secondary N) is 2. The smallest absolute Gasteiger partial charge is 0.216 e. The molecule has 100 valence electrons. The highest BCUT2D eigenvalue weighted by Gasteiger charge is 2.07. The van der Waals surface area contributed by atoms with E-state index in [1.165, 1.54) is 12.5 Å². The second-order valence-electron chi connectivity index (χ2n) is 4.05. The van der Waals surface area contributed by atoms with Gasteiger partial charge in [0.15, 0.2) is 0 Å². The summed E-state index contributed by atoms with van der Waals surface area (Å²) in [5, 5.41) is 6.09. The van der Waals surface area contributed by atoms with Crippen molar-refractivity contribution < 1.29 is 9.53 Å². The number of ether oxygens (including phenoxy) is 1. The number of methoxy groups -OCH3 is 1. The molecule has 4 nitrogen and oxygen atoms in total. The quantitative estimate of drug-likeness (QED) is 0.792. The Bertz CT molecular complexity index is 410. The van der Waals surface area contributed by atoms with E-state index >= 15 is 0 Å². The predicted molar refractivity (Wildman–Crippen MR) is 75.8 cm³/mol. The van der Waals surface area contributed by atoms with Gasteiger partial charge in [-0.2, -0.15) is 0 Å². The molecule has 1 aromatic rings. The van der Waals surface area contributed by atoms with Gasteiger partial charge in [0.1, 0.15) is 5.75 Å². The Hall–Kier alpha value is -1.07. The van der Waals surface area contributed by atoms with Gasteiger partial charge in [0, 0.05) is 26.1 Å². The van der Waals surface area contributed by atoms with Gasteiger partial charge in [-0.05, 0) is 40.5 Å². The van der Waals surface area contributed by atoms with Crippen molar-refractivity contribution in [3.05, 3.63) is 28.2 Å². The van der Waals surface area contributed by atoms with Gasteiger partial charge in [-0.25, -0.2) is 0 Å². The maximum atomic E-state index is 10.7. The van der Waals surface area contributed by atoms with Crippen LogP contribution in [0.5, 0.6) is 5.75 Å². The minimum absolute atomic E-state index is 0.00311. The first-order valence-electron chi connectivity index (χ1n) is 5.86. The molecule has 1 rings (SSSR count). The second-order valence-corrected chi connectivity index (χ2v) is 4.91. The van der Waals surface area contributed by atoms with E-state index in [2.05, 4.69) is 33.5 Å². The van der Waals surface area contributed by atoms with Crippen LogP contribution in [-0.2, 0) is 4.79 Å². The van der Waals surface area contributed by atoms with E-state index in [4.69, 9.17) is 4.74 Å². The SMILES string of the molecule is COc1ccc(C(C)NCCNC(C)=O)cc1Br. The number of amides is 1. The van der Waals surface area contributed by atoms with Gasteiger partial charge >= 0.3 is 0 Å². The standard InChI is InChI=1S/C13H19BrN2O2/c1-9(15-6-7-16-10(2)17)11-4-5-13(18-3)12(14)8-11/h4-5,8-9,15H,6-7H2,1-3H3,(H,16,17). The average molecular weight is 315 g/mol. The van der Waals surface area contributed by atoms with Crippen molar-refractivity contribution in [1.82, 2.24) is 10.6 Å². The molecule has 1 unspecified atom stereocenters. The van der Waals surface area contributed by atoms with Crippen LogP contribution in [0, 0.1) is 0 Å². The summed E-state index contributed by atoms with van der Waals surface area (Å²) in [4.78, 5) is 10.7. The molecule has 5 heteroatoms. The van der Waals surface area contributed by atoms with E-state index < -0.39 is 0 Å². The van der Waals surface area contributed by atoms with Crippen LogP contribution >= 0.6 is 15.9 Å². The van der Waals surface area contributed by atoms with Crippen LogP contribution in [0.1, 0.15) is 25.5 Å². The molecule has 0 saturated heterocycles. The summed E-state index contributed by atoms with van der Waals surface area (Å²) in [7, 11) is 1.65. The Morgan fingerprint density at radius 2 is 2.17 bits per heavy atom. The molecule has 18 heavy (non-hydrogen) atoms. The molecule has 0 aliphatic heterocycles. The molecule has 0 saturated carbocycles. The van der Waals surface area contributed by atoms with E-state index in [0.717, 1.165) is 16.8 Å². The molecule has 0 aliphatic rings. The molecule has 0 bridgehead atoms. The van der Waals surface area contributed by atoms with Crippen molar-refractivity contribution in [2.45, 2.75) is 19.9 Å². The summed E-state index contributed by atoms with van der Waals surface area (Å²) in [5.74, 6) is 0.820. The lowest BCUT2D eigenvalue weighted by Crippen LogP contribution is -2.31. The Balaban J connectivity index is 2.48. The Morgan fingerprint density at radius 3 is 2.72 bits per heavy atom. The lowest BCUT2D eigenvalue weighted by atomic mass is 10.1. The molecule has 0 fully saturated rings. The fourth-order valence-electron chi connectivity index (χ4n) is 1.60. The number of hydrogen-bond acceptors (Lipinski definition) is 3. The second kappa shape index (κ2) is 7.38. The Kier molecular flexibility index (Phi) is 6.15. The largest absolute Gasteiger partial charge is 0.496 e. The normalized spacial score (nSPS) is 12.0. The lowest BCUT2D eigenvalue weighted by molar-refractivity contribution is -0.118. The summed E-state index contributed by atoms with van der Waals surface area (Å²) >= 11 is 3.47. The van der Waals surface area contributed by atoms with Gasteiger partial charge < -0.3 is 15.4 Å². The third-order valence-electron chi connectivity index (χ3n) is 2.63. The topological polar surface area (TPSA) is 50.4 Å². The number of benzene rings is 1. The predicted octanol–water partition coefficient (Wildman–Crippen LogP) is 2.24. The van der Waals surface area contributed by atoms with Crippen LogP contribution < -0.4 is 15.4 Å². The van der Waals surface area contributed by atoms with Crippen LogP contribution in [0.3, 0.4) is 0 Å². The van der Waals surface area contributed by atoms with Crippen molar-refractivity contribution in [2.24, 2.45) is 0 Å². The Morgan fingerprint density at radius 1 is 1.44 bits per heavy atom. The van der Waals surface area contributed by atoms with Gasteiger partial charge in [-0.3, -0.25) is 4.79 Å². The molecule has 0 aliphatic carbocycles. The van der Waals surface area contributed by atoms with Gasteiger partial charge in [0.2, 0.25) is 5.91 Å². The molecule has 1 aromatic carbocycles. The van der Waals surface area contributed by atoms with Gasteiger partial charge in [0.25, 0.3) is 0 Å². The molecule has 1 amide bonds. The fraction of sp³-hybridized carbons (Fsp3) is 0.462. The van der Waals surface area contributed by atoms with Crippen molar-refractivity contribution in [1.29, 1.82) is 0 Å². The Labute approximate surface area is 116 Å².